The minimum absolute atomic E-state index is 0.0624. The summed E-state index contributed by atoms with van der Waals surface area (Å²) in [6.07, 6.45) is -40.7. The number of hydrogen-bond donors (Lipinski definition) is 8. The highest BCUT2D eigenvalue weighted by atomic mass is 32.7. The number of nitrogens with zero attached hydrogens (tertiary/aromatic N) is 12. The van der Waals surface area contributed by atoms with Crippen LogP contribution in [0.2, 0.25) is 0 Å². The Bertz CT molecular complexity index is 6840. The second-order valence-corrected chi connectivity index (χ2v) is 43.9. The molecule has 7 aliphatic rings. The maximum absolute atomic E-state index is 14.9. The number of aromatic amines is 4. The van der Waals surface area contributed by atoms with Gasteiger partial charge in [0.15, 0.2) is 60.0 Å². The zero-order valence-corrected chi connectivity index (χ0v) is 82.8. The normalized spacial score (nSPS) is 32.3. The summed E-state index contributed by atoms with van der Waals surface area (Å²) in [7, 11) is -23.2. The van der Waals surface area contributed by atoms with E-state index in [1.54, 1.807) is 0 Å². The molecule has 0 bridgehead atoms. The average Bonchev–Trinajstić information content (AvgIpc) is 1.60. The van der Waals surface area contributed by atoms with Crippen LogP contribution in [0, 0.1) is 0 Å². The van der Waals surface area contributed by atoms with Crippen molar-refractivity contribution < 1.29 is 187 Å². The number of anilines is 3. The quantitative estimate of drug-likeness (QED) is 0.0130. The number of nitrogens with two attached hydrogens (primary N) is 3. The van der Waals surface area contributed by atoms with E-state index in [9.17, 15) is 100 Å². The lowest BCUT2D eigenvalue weighted by Gasteiger charge is -2.36. The standard InChI is InChI=1S/C68H94N19O48P7S2/c1-109-48-43(131-140(105,106)121-23-34-46(52(113-5)61(126-34)85-16-11-39(91)79-68(85)96)134-141(107,143)122-24-35-47(135-142(108,144)129-28-12-17-116-29(28)18-88)53(114-6)62(128-35)86-26-74-40-54(70)72-25-73-55(40)86)31(124-58(48)82-13-8-36(69)76-65(82)93)20-118-137(99,100)132-44-32(125-60(50(44)111-3)84-15-10-38(90)78-67(84)95)21-119-139(103,104)133-45-33(127-63(51(45)112-4)87-27-75-41-56(87)80-64(71)81-57(41)92)22-120-138(101,102)130-42-30(19-117-136(97,98)115-7)123-59(49(42)110-2)83-14-9-37(89)77-66(83)94/h8-11,13-16,25-35,42-53,58-63,88H,12,17-24H2,1-7H3,(H,97,98)(H,99,100)(H,101,102)(H,103,104)(H,105,106)(H,107,143)(H,108,144)(H2,69,76,93)(H2,70,72,73)(H,77,89,94)(H,78,90,95)(H,79,91,96)(H3,71,80,81,92)/p-7/t28-,29-,30+,31+,32+,33+,34+,35+,42?,43?,44?,45?,46?,47?,48-,49-,50-,51-,52-,53-,58+,59+,60+,61+,62+,63+,141?,142?/m0/s1. The van der Waals surface area contributed by atoms with Crippen LogP contribution in [-0.2, 0) is 176 Å². The summed E-state index contributed by atoms with van der Waals surface area (Å²) < 4.78 is 243. The number of fused-ring (bicyclic) bond motifs is 2. The number of imidazole rings is 2. The van der Waals surface area contributed by atoms with Crippen LogP contribution < -0.4 is 91.6 Å². The van der Waals surface area contributed by atoms with Gasteiger partial charge in [-0.3, -0.25) is 93.9 Å². The predicted molar refractivity (Wildman–Crippen MR) is 463 cm³/mol. The number of ether oxygens (including phenoxy) is 13. The molecule has 0 saturated carbocycles. The van der Waals surface area contributed by atoms with Crippen LogP contribution >= 0.6 is 52.6 Å². The number of nitrogens with one attached hydrogen (secondary N) is 4. The Hall–Kier alpha value is -7.76. The first kappa shape index (κ1) is 110. The Labute approximate surface area is 814 Å². The van der Waals surface area contributed by atoms with E-state index in [0.29, 0.717) is 20.8 Å². The molecular formula is C68H87N19O48P7S2-7. The fourth-order valence-electron chi connectivity index (χ4n) is 16.6. The number of aromatic nitrogens is 16. The number of nitrogen functional groups attached to an aromatic ring is 3. The molecular weight excluding hydrogens is 2130 g/mol. The van der Waals surface area contributed by atoms with Gasteiger partial charge in [0.25, 0.3) is 61.4 Å². The minimum Gasteiger partial charge on any atom is -0.780 e. The van der Waals surface area contributed by atoms with E-state index in [-0.39, 0.29) is 41.5 Å². The SMILES string of the molecule is CO[C@H]1C(OP(=O)([O-])OC[C@H]2O[C@@H](n3ccc(=O)[nH]c3=O)[C@@H](OC)C2OP([O-])(=S)OC[C@H]2O[C@@H](n3cnc4c(N)ncnc43)[C@@H](OC)C2OP(=O)([S-])O[C@H]2CCO[C@H]2CO)[C@@H](COP(=O)([O-])OC2[C@@H](COP(=O)([O-])OC3[C@@H](COP(=O)([O-])OC4[C@@H](COP(=O)([O-])OC)O[C@@H](n5ccc(=O)[nH]c5=O)[C@H]4OC)O[C@@H](n4cnc5c(=O)[nH]c(N)nc54)[C@H]3OC)O[C@@H](n3ccc(=O)[nH]c3=O)[C@H]2OC)O[C@H]1n1ccc(N)nc1=O. The zero-order valence-electron chi connectivity index (χ0n) is 74.9. The van der Waals surface area contributed by atoms with Gasteiger partial charge in [0.1, 0.15) is 140 Å². The third kappa shape index (κ3) is 24.8. The summed E-state index contributed by atoms with van der Waals surface area (Å²) in [6, 6.07) is 3.58. The van der Waals surface area contributed by atoms with Crippen molar-refractivity contribution in [2.24, 2.45) is 0 Å². The van der Waals surface area contributed by atoms with Gasteiger partial charge in [0, 0.05) is 106 Å². The molecule has 8 aromatic rings. The van der Waals surface area contributed by atoms with E-state index in [2.05, 4.69) is 39.4 Å². The van der Waals surface area contributed by atoms with Crippen molar-refractivity contribution >= 4 is 117 Å². The molecule has 11 N–H and O–H groups in total. The van der Waals surface area contributed by atoms with Gasteiger partial charge in [0.2, 0.25) is 12.7 Å². The Morgan fingerprint density at radius 2 is 0.764 bits per heavy atom. The summed E-state index contributed by atoms with van der Waals surface area (Å²) in [5, 5.41) is 9.96. The maximum atomic E-state index is 14.9. The number of aliphatic hydroxyl groups excluding tert-OH is 1. The molecule has 13 unspecified atom stereocenters. The molecule has 15 heterocycles. The summed E-state index contributed by atoms with van der Waals surface area (Å²) in [5.41, 5.74) is 8.64. The number of phosphoric ester groups is 5. The predicted octanol–water partition coefficient (Wildman–Crippen LogP) is -8.11. The van der Waals surface area contributed by atoms with Crippen LogP contribution in [0.4, 0.5) is 17.6 Å². The summed E-state index contributed by atoms with van der Waals surface area (Å²) in [4.78, 5) is 222. The monoisotopic (exact) mass is 2220 g/mol. The lowest BCUT2D eigenvalue weighted by atomic mass is 10.1. The molecule has 0 aliphatic carbocycles. The molecule has 67 nitrogen and oxygen atoms in total. The second kappa shape index (κ2) is 45.2. The molecule has 8 aromatic heterocycles. The van der Waals surface area contributed by atoms with Gasteiger partial charge in [-0.05, 0) is 6.07 Å². The summed E-state index contributed by atoms with van der Waals surface area (Å²) in [5.74, 6) is -0.932. The van der Waals surface area contributed by atoms with Crippen molar-refractivity contribution in [1.82, 2.24) is 77.2 Å². The van der Waals surface area contributed by atoms with Crippen LogP contribution in [0.3, 0.4) is 0 Å². The molecule has 0 aromatic carbocycles. The van der Waals surface area contributed by atoms with Gasteiger partial charge in [-0.15, -0.1) is 0 Å². The average molecular weight is 2220 g/mol. The third-order valence-electron chi connectivity index (χ3n) is 22.9. The molecule has 0 radical (unpaired) electrons. The van der Waals surface area contributed by atoms with Crippen LogP contribution in [0.5, 0.6) is 0 Å². The number of aliphatic hydroxyl groups is 1. The fourth-order valence-corrected chi connectivity index (χ4v) is 24.0. The summed E-state index contributed by atoms with van der Waals surface area (Å²) >= 11 is 10.8. The molecule has 76 heteroatoms. The van der Waals surface area contributed by atoms with Crippen molar-refractivity contribution in [2.75, 3.05) is 120 Å². The Morgan fingerprint density at radius 3 is 1.14 bits per heavy atom. The smallest absolute Gasteiger partial charge is 0.351 e. The molecule has 144 heavy (non-hydrogen) atoms. The molecule has 33 atom stereocenters. The number of rotatable bonds is 46. The molecule has 0 amide bonds. The first-order chi connectivity index (χ1) is 68.1. The van der Waals surface area contributed by atoms with Gasteiger partial charge < -0.3 is 189 Å². The van der Waals surface area contributed by atoms with E-state index < -0.39 is 315 Å². The van der Waals surface area contributed by atoms with E-state index in [4.69, 9.17) is 162 Å². The lowest BCUT2D eigenvalue weighted by Crippen LogP contribution is -2.42. The zero-order chi connectivity index (χ0) is 104. The first-order valence-electron chi connectivity index (χ1n) is 41.8. The van der Waals surface area contributed by atoms with Gasteiger partial charge >= 0.3 is 22.8 Å². The van der Waals surface area contributed by atoms with E-state index in [0.717, 1.165) is 106 Å². The second-order valence-electron chi connectivity index (χ2n) is 31.6. The topological polar surface area (TPSA) is 895 Å². The van der Waals surface area contributed by atoms with Crippen molar-refractivity contribution in [3.8, 4) is 0 Å². The van der Waals surface area contributed by atoms with Crippen LogP contribution in [-0.4, -0.2) is 307 Å². The number of hydrogen-bond acceptors (Lipinski definition) is 59. The third-order valence-corrected chi connectivity index (χ3v) is 30.8. The fraction of sp³-hybridized carbons (Fsp3) is 0.618. The van der Waals surface area contributed by atoms with Gasteiger partial charge in [-0.25, -0.2) is 39.1 Å². The van der Waals surface area contributed by atoms with Gasteiger partial charge in [-0.1, -0.05) is 11.8 Å². The van der Waals surface area contributed by atoms with Crippen LogP contribution in [0.15, 0.2) is 106 Å². The molecule has 15 rings (SSSR count). The van der Waals surface area contributed by atoms with Crippen molar-refractivity contribution in [3.63, 3.8) is 0 Å². The Kier molecular flexibility index (Phi) is 34.6. The van der Waals surface area contributed by atoms with Crippen molar-refractivity contribution in [3.05, 3.63) is 151 Å². The molecule has 7 aliphatic heterocycles. The van der Waals surface area contributed by atoms with E-state index in [1.807, 2.05) is 15.0 Å². The van der Waals surface area contributed by atoms with Crippen LogP contribution in [0.25, 0.3) is 22.3 Å². The number of H-pyrrole nitrogens is 4. The maximum Gasteiger partial charge on any atom is 0.351 e. The summed E-state index contributed by atoms with van der Waals surface area (Å²) in [6.45, 7) is -18.2. The molecule has 7 saturated heterocycles. The molecule has 796 valence electrons. The van der Waals surface area contributed by atoms with Crippen LogP contribution in [0.1, 0.15) is 43.8 Å². The Morgan fingerprint density at radius 1 is 0.417 bits per heavy atom. The molecule has 0 spiro atoms. The number of methoxy groups -OCH3 is 6. The van der Waals surface area contributed by atoms with Gasteiger partial charge in [0.05, 0.1) is 65.0 Å². The number of phosphoric acid groups is 5. The van der Waals surface area contributed by atoms with Crippen molar-refractivity contribution in [2.45, 2.75) is 166 Å². The van der Waals surface area contributed by atoms with E-state index >= 15 is 0 Å². The van der Waals surface area contributed by atoms with Crippen molar-refractivity contribution in [1.29, 1.82) is 0 Å². The molecule has 7 fully saturated rings. The van der Waals surface area contributed by atoms with E-state index in [1.165, 1.54) is 18.0 Å². The first-order valence-corrected chi connectivity index (χ1v) is 54.2. The highest BCUT2D eigenvalue weighted by Gasteiger charge is 2.58. The highest BCUT2D eigenvalue weighted by molar-refractivity contribution is 8.32. The Balaban J connectivity index is 0.675. The lowest BCUT2D eigenvalue weighted by molar-refractivity contribution is -0.241. The minimum atomic E-state index is -6.28. The largest absolute Gasteiger partial charge is 0.780 e. The van der Waals surface area contributed by atoms with Gasteiger partial charge in [-0.2, -0.15) is 9.97 Å². The highest BCUT2D eigenvalue weighted by Crippen LogP contribution is 2.58.